The van der Waals surface area contributed by atoms with E-state index in [9.17, 15) is 14.9 Å². The molecule has 1 amide bonds. The zero-order chi connectivity index (χ0) is 21.3. The lowest BCUT2D eigenvalue weighted by Gasteiger charge is -2.14. The molecule has 4 rings (SSSR count). The lowest BCUT2D eigenvalue weighted by Crippen LogP contribution is -2.30. The second-order valence-electron chi connectivity index (χ2n) is 7.29. The van der Waals surface area contributed by atoms with Crippen LogP contribution in [0.3, 0.4) is 0 Å². The number of anilines is 1. The SMILES string of the molecule is Cc1oc(-n2cccc2)c(C#N)c1C(=O)O[C@@H](C)C(=O)Nc1ccc2c(c1)CCC2. The number of ether oxygens (including phenoxy) is 1. The number of carbonyl (C=O) groups excluding carboxylic acids is 2. The minimum atomic E-state index is -1.04. The first-order valence-electron chi connectivity index (χ1n) is 9.78. The fourth-order valence-corrected chi connectivity index (χ4v) is 3.70. The fourth-order valence-electron chi connectivity index (χ4n) is 3.70. The van der Waals surface area contributed by atoms with Crippen LogP contribution in [-0.2, 0) is 22.4 Å². The second-order valence-corrected chi connectivity index (χ2v) is 7.29. The van der Waals surface area contributed by atoms with Crippen molar-refractivity contribution in [2.75, 3.05) is 5.32 Å². The third-order valence-corrected chi connectivity index (χ3v) is 5.24. The third-order valence-electron chi connectivity index (χ3n) is 5.24. The number of amides is 1. The Morgan fingerprint density at radius 2 is 1.97 bits per heavy atom. The summed E-state index contributed by atoms with van der Waals surface area (Å²) in [7, 11) is 0. The Bertz CT molecular complexity index is 1150. The first-order chi connectivity index (χ1) is 14.5. The molecule has 0 spiro atoms. The van der Waals surface area contributed by atoms with Crippen LogP contribution in [0, 0.1) is 18.3 Å². The van der Waals surface area contributed by atoms with E-state index in [1.54, 1.807) is 36.0 Å². The summed E-state index contributed by atoms with van der Waals surface area (Å²) < 4.78 is 12.6. The second kappa shape index (κ2) is 7.91. The van der Waals surface area contributed by atoms with E-state index in [-0.39, 0.29) is 22.8 Å². The quantitative estimate of drug-likeness (QED) is 0.651. The number of nitriles is 1. The predicted molar refractivity (Wildman–Crippen MR) is 109 cm³/mol. The molecule has 7 nitrogen and oxygen atoms in total. The number of carbonyl (C=O) groups is 2. The number of benzene rings is 1. The summed E-state index contributed by atoms with van der Waals surface area (Å²) in [6.45, 7) is 3.08. The Labute approximate surface area is 173 Å². The van der Waals surface area contributed by atoms with Crippen molar-refractivity contribution in [2.24, 2.45) is 0 Å². The minimum absolute atomic E-state index is 0.0263. The van der Waals surface area contributed by atoms with Gasteiger partial charge in [0.05, 0.1) is 0 Å². The van der Waals surface area contributed by atoms with Crippen LogP contribution in [0.5, 0.6) is 0 Å². The molecule has 1 N–H and O–H groups in total. The molecule has 30 heavy (non-hydrogen) atoms. The predicted octanol–water partition coefficient (Wildman–Crippen LogP) is 3.92. The number of furan rings is 1. The normalized spacial score (nSPS) is 13.4. The van der Waals surface area contributed by atoms with Crippen molar-refractivity contribution < 1.29 is 18.7 Å². The molecule has 7 heteroatoms. The van der Waals surface area contributed by atoms with Crippen molar-refractivity contribution in [3.05, 3.63) is 70.7 Å². The fraction of sp³-hybridized carbons (Fsp3) is 0.261. The van der Waals surface area contributed by atoms with E-state index in [1.807, 2.05) is 24.3 Å². The molecule has 0 saturated carbocycles. The highest BCUT2D eigenvalue weighted by Crippen LogP contribution is 2.27. The first kappa shape index (κ1) is 19.5. The maximum absolute atomic E-state index is 12.7. The van der Waals surface area contributed by atoms with Gasteiger partial charge in [-0.1, -0.05) is 6.07 Å². The van der Waals surface area contributed by atoms with E-state index >= 15 is 0 Å². The van der Waals surface area contributed by atoms with Gasteiger partial charge < -0.3 is 14.5 Å². The highest BCUT2D eigenvalue weighted by molar-refractivity contribution is 5.99. The third kappa shape index (κ3) is 3.60. The maximum Gasteiger partial charge on any atom is 0.343 e. The molecule has 0 aliphatic heterocycles. The molecule has 1 aliphatic carbocycles. The summed E-state index contributed by atoms with van der Waals surface area (Å²) in [5.74, 6) is -0.719. The Kier molecular flexibility index (Phi) is 5.15. The summed E-state index contributed by atoms with van der Waals surface area (Å²) in [4.78, 5) is 25.3. The van der Waals surface area contributed by atoms with Crippen molar-refractivity contribution in [1.29, 1.82) is 5.26 Å². The topological polar surface area (TPSA) is 97.3 Å². The largest absolute Gasteiger partial charge is 0.449 e. The smallest absolute Gasteiger partial charge is 0.343 e. The van der Waals surface area contributed by atoms with Crippen molar-refractivity contribution >= 4 is 17.6 Å². The molecule has 0 radical (unpaired) electrons. The summed E-state index contributed by atoms with van der Waals surface area (Å²) in [6, 6.07) is 11.4. The van der Waals surface area contributed by atoms with Crippen LogP contribution in [0.2, 0.25) is 0 Å². The average Bonchev–Trinajstić information content (AvgIpc) is 3.46. The summed E-state index contributed by atoms with van der Waals surface area (Å²) >= 11 is 0. The van der Waals surface area contributed by atoms with Crippen LogP contribution >= 0.6 is 0 Å². The summed E-state index contributed by atoms with van der Waals surface area (Å²) in [5.41, 5.74) is 3.32. The van der Waals surface area contributed by atoms with Crippen LogP contribution in [0.1, 0.15) is 46.2 Å². The standard InChI is InChI=1S/C23H21N3O4/c1-14-20(19(13-24)22(29-14)26-10-3-4-11-26)23(28)30-15(2)21(27)25-18-9-8-16-6-5-7-17(16)12-18/h3-4,8-12,15H,5-7H2,1-2H3,(H,25,27)/t15-/m0/s1. The van der Waals surface area contributed by atoms with Crippen molar-refractivity contribution in [3.63, 3.8) is 0 Å². The van der Waals surface area contributed by atoms with Crippen molar-refractivity contribution in [3.8, 4) is 12.0 Å². The Balaban J connectivity index is 1.48. The number of hydrogen-bond donors (Lipinski definition) is 1. The van der Waals surface area contributed by atoms with Gasteiger partial charge in [0.1, 0.15) is 23.0 Å². The first-order valence-corrected chi connectivity index (χ1v) is 9.78. The van der Waals surface area contributed by atoms with Gasteiger partial charge in [-0.3, -0.25) is 9.36 Å². The van der Waals surface area contributed by atoms with Crippen LogP contribution in [0.25, 0.3) is 5.88 Å². The van der Waals surface area contributed by atoms with E-state index in [1.165, 1.54) is 18.1 Å². The molecule has 0 saturated heterocycles. The van der Waals surface area contributed by atoms with Gasteiger partial charge in [-0.25, -0.2) is 4.79 Å². The van der Waals surface area contributed by atoms with Crippen molar-refractivity contribution in [1.82, 2.24) is 4.57 Å². The molecule has 0 bridgehead atoms. The molecule has 152 valence electrons. The summed E-state index contributed by atoms with van der Waals surface area (Å²) in [5, 5.41) is 12.4. The monoisotopic (exact) mass is 403 g/mol. The van der Waals surface area contributed by atoms with Gasteiger partial charge in [-0.05, 0) is 68.5 Å². The molecule has 1 atom stereocenters. The molecular weight excluding hydrogens is 382 g/mol. The molecule has 2 heterocycles. The van der Waals surface area contributed by atoms with Crippen LogP contribution < -0.4 is 5.32 Å². The number of nitrogens with one attached hydrogen (secondary N) is 1. The van der Waals surface area contributed by atoms with E-state index in [0.717, 1.165) is 19.3 Å². The van der Waals surface area contributed by atoms with E-state index in [4.69, 9.17) is 9.15 Å². The molecular formula is C23H21N3O4. The average molecular weight is 403 g/mol. The van der Waals surface area contributed by atoms with Crippen LogP contribution in [-0.4, -0.2) is 22.5 Å². The van der Waals surface area contributed by atoms with Crippen LogP contribution in [0.4, 0.5) is 5.69 Å². The van der Waals surface area contributed by atoms with Gasteiger partial charge in [-0.2, -0.15) is 5.26 Å². The van der Waals surface area contributed by atoms with Gasteiger partial charge >= 0.3 is 5.97 Å². The van der Waals surface area contributed by atoms with Gasteiger partial charge in [0.2, 0.25) is 5.88 Å². The molecule has 2 aromatic heterocycles. The number of aryl methyl sites for hydroxylation is 3. The lowest BCUT2D eigenvalue weighted by molar-refractivity contribution is -0.123. The lowest BCUT2D eigenvalue weighted by atomic mass is 10.1. The number of hydrogen-bond acceptors (Lipinski definition) is 5. The Morgan fingerprint density at radius 3 is 2.70 bits per heavy atom. The highest BCUT2D eigenvalue weighted by Gasteiger charge is 2.28. The Hall–Kier alpha value is -3.79. The molecule has 1 aliphatic rings. The van der Waals surface area contributed by atoms with E-state index < -0.39 is 18.0 Å². The van der Waals surface area contributed by atoms with Gasteiger partial charge in [0, 0.05) is 18.1 Å². The molecule has 0 unspecified atom stereocenters. The van der Waals surface area contributed by atoms with Gasteiger partial charge in [-0.15, -0.1) is 0 Å². The number of fused-ring (bicyclic) bond motifs is 1. The van der Waals surface area contributed by atoms with E-state index in [0.29, 0.717) is 5.69 Å². The van der Waals surface area contributed by atoms with Crippen LogP contribution in [0.15, 0.2) is 47.1 Å². The number of aromatic nitrogens is 1. The number of esters is 1. The zero-order valence-electron chi connectivity index (χ0n) is 16.8. The molecule has 3 aromatic rings. The number of nitrogens with zero attached hydrogens (tertiary/aromatic N) is 2. The maximum atomic E-state index is 12.7. The summed E-state index contributed by atoms with van der Waals surface area (Å²) in [6.07, 6.45) is 5.57. The van der Waals surface area contributed by atoms with E-state index in [2.05, 4.69) is 5.32 Å². The Morgan fingerprint density at radius 1 is 1.23 bits per heavy atom. The molecule has 1 aromatic carbocycles. The minimum Gasteiger partial charge on any atom is -0.449 e. The van der Waals surface area contributed by atoms with Gasteiger partial charge in [0.25, 0.3) is 5.91 Å². The molecule has 0 fully saturated rings. The number of rotatable bonds is 5. The highest BCUT2D eigenvalue weighted by atomic mass is 16.5. The zero-order valence-corrected chi connectivity index (χ0v) is 16.8. The van der Waals surface area contributed by atoms with Crippen molar-refractivity contribution in [2.45, 2.75) is 39.2 Å². The van der Waals surface area contributed by atoms with Gasteiger partial charge in [0.15, 0.2) is 6.10 Å².